The van der Waals surface area contributed by atoms with Gasteiger partial charge in [-0.2, -0.15) is 0 Å². The summed E-state index contributed by atoms with van der Waals surface area (Å²) >= 11 is 0. The summed E-state index contributed by atoms with van der Waals surface area (Å²) in [5.41, 5.74) is 0.0851. The second kappa shape index (κ2) is 9.89. The van der Waals surface area contributed by atoms with E-state index in [1.54, 1.807) is 13.8 Å². The molecule has 156 valence electrons. The zero-order valence-corrected chi connectivity index (χ0v) is 18.4. The molecule has 5 nitrogen and oxygen atoms in total. The Labute approximate surface area is 165 Å². The van der Waals surface area contributed by atoms with Gasteiger partial charge in [-0.25, -0.2) is 8.42 Å². The number of ether oxygens (including phenoxy) is 2. The van der Waals surface area contributed by atoms with Crippen molar-refractivity contribution >= 4 is 9.84 Å². The van der Waals surface area contributed by atoms with E-state index in [1.165, 1.54) is 0 Å². The first-order valence-electron chi connectivity index (χ1n) is 9.51. The number of sulfone groups is 1. The van der Waals surface area contributed by atoms with Gasteiger partial charge in [0, 0.05) is 6.61 Å². The van der Waals surface area contributed by atoms with Gasteiger partial charge in [0.1, 0.15) is 12.4 Å². The molecular weight excluding hydrogens is 364 g/mol. The first-order chi connectivity index (χ1) is 12.3. The highest BCUT2D eigenvalue weighted by Gasteiger charge is 2.19. The van der Waals surface area contributed by atoms with Crippen LogP contribution in [0, 0.1) is 5.41 Å². The minimum Gasteiger partial charge on any atom is -0.491 e. The van der Waals surface area contributed by atoms with Crippen molar-refractivity contribution in [2.24, 2.45) is 5.41 Å². The van der Waals surface area contributed by atoms with E-state index >= 15 is 0 Å². The summed E-state index contributed by atoms with van der Waals surface area (Å²) in [4.78, 5) is 0. The third-order valence-electron chi connectivity index (χ3n) is 3.80. The molecule has 1 N–H and O–H groups in total. The number of benzene rings is 1. The normalized spacial score (nSPS) is 14.2. The molecule has 0 aliphatic carbocycles. The molecule has 0 aliphatic rings. The number of rotatable bonds is 11. The fourth-order valence-corrected chi connectivity index (χ4v) is 4.17. The van der Waals surface area contributed by atoms with Crippen molar-refractivity contribution in [3.05, 3.63) is 29.8 Å². The Morgan fingerprint density at radius 1 is 1.11 bits per heavy atom. The number of hydrogen-bond acceptors (Lipinski definition) is 5. The highest BCUT2D eigenvalue weighted by molar-refractivity contribution is 7.91. The standard InChI is InChI=1S/C21H36O5S/c1-17(14-27(23,24)12-8-11-25-15-20(2,3)4)18-9-7-10-19(13-18)26-16-21(5,6)22/h7,9-10,13,17,22H,8,11-12,14-16H2,1-6H3/t17-/m0/s1. The van der Waals surface area contributed by atoms with Crippen LogP contribution in [0.5, 0.6) is 5.75 Å². The molecular formula is C21H36O5S. The Balaban J connectivity index is 2.52. The molecule has 0 amide bonds. The predicted octanol–water partition coefficient (Wildman–Crippen LogP) is 3.81. The first kappa shape index (κ1) is 23.9. The van der Waals surface area contributed by atoms with Gasteiger partial charge >= 0.3 is 0 Å². The minimum absolute atomic E-state index is 0.0890. The van der Waals surface area contributed by atoms with Gasteiger partial charge in [-0.3, -0.25) is 0 Å². The average molecular weight is 401 g/mol. The zero-order valence-electron chi connectivity index (χ0n) is 17.6. The molecule has 0 fully saturated rings. The van der Waals surface area contributed by atoms with E-state index in [1.807, 2.05) is 31.2 Å². The molecule has 1 aromatic carbocycles. The minimum atomic E-state index is -3.15. The zero-order chi connectivity index (χ0) is 20.7. The molecule has 0 aromatic heterocycles. The van der Waals surface area contributed by atoms with Crippen molar-refractivity contribution in [1.29, 1.82) is 0 Å². The van der Waals surface area contributed by atoms with Crippen LogP contribution in [0.1, 0.15) is 59.4 Å². The van der Waals surface area contributed by atoms with E-state index < -0.39 is 15.4 Å². The van der Waals surface area contributed by atoms with Crippen molar-refractivity contribution < 1.29 is 23.0 Å². The second-order valence-corrected chi connectivity index (χ2v) is 11.4. The Kier molecular flexibility index (Phi) is 8.77. The van der Waals surface area contributed by atoms with Crippen LogP contribution < -0.4 is 4.74 Å². The fraction of sp³-hybridized carbons (Fsp3) is 0.714. The topological polar surface area (TPSA) is 72.8 Å². The summed E-state index contributed by atoms with van der Waals surface area (Å²) < 4.78 is 35.9. The molecule has 0 saturated heterocycles. The van der Waals surface area contributed by atoms with E-state index in [9.17, 15) is 13.5 Å². The van der Waals surface area contributed by atoms with Gasteiger partial charge in [-0.05, 0) is 49.3 Å². The third-order valence-corrected chi connectivity index (χ3v) is 5.72. The largest absolute Gasteiger partial charge is 0.491 e. The van der Waals surface area contributed by atoms with Crippen LogP contribution >= 0.6 is 0 Å². The molecule has 1 atom stereocenters. The van der Waals surface area contributed by atoms with Gasteiger partial charge in [-0.1, -0.05) is 39.8 Å². The third kappa shape index (κ3) is 11.4. The molecule has 0 aliphatic heterocycles. The van der Waals surface area contributed by atoms with Crippen molar-refractivity contribution in [3.8, 4) is 5.75 Å². The van der Waals surface area contributed by atoms with Gasteiger partial charge < -0.3 is 14.6 Å². The molecule has 0 unspecified atom stereocenters. The predicted molar refractivity (Wildman–Crippen MR) is 110 cm³/mol. The van der Waals surface area contributed by atoms with E-state index in [4.69, 9.17) is 9.47 Å². The summed E-state index contributed by atoms with van der Waals surface area (Å²) in [6.45, 7) is 12.8. The lowest BCUT2D eigenvalue weighted by molar-refractivity contribution is 0.0284. The van der Waals surface area contributed by atoms with E-state index in [-0.39, 0.29) is 29.4 Å². The van der Waals surface area contributed by atoms with Crippen LogP contribution in [-0.2, 0) is 14.6 Å². The van der Waals surface area contributed by atoms with Crippen LogP contribution in [0.3, 0.4) is 0 Å². The maximum absolute atomic E-state index is 12.4. The lowest BCUT2D eigenvalue weighted by Crippen LogP contribution is -2.27. The highest BCUT2D eigenvalue weighted by atomic mass is 32.2. The maximum Gasteiger partial charge on any atom is 0.150 e. The van der Waals surface area contributed by atoms with Gasteiger partial charge in [0.05, 0.1) is 23.7 Å². The van der Waals surface area contributed by atoms with E-state index in [2.05, 4.69) is 20.8 Å². The summed E-state index contributed by atoms with van der Waals surface area (Å²) in [7, 11) is -3.15. The van der Waals surface area contributed by atoms with Crippen LogP contribution in [0.25, 0.3) is 0 Å². The summed E-state index contributed by atoms with van der Waals surface area (Å²) in [5.74, 6) is 0.739. The Bertz CT molecular complexity index is 669. The van der Waals surface area contributed by atoms with Crippen molar-refractivity contribution in [3.63, 3.8) is 0 Å². The summed E-state index contributed by atoms with van der Waals surface area (Å²) in [6.07, 6.45) is 0.514. The number of hydrogen-bond donors (Lipinski definition) is 1. The highest BCUT2D eigenvalue weighted by Crippen LogP contribution is 2.23. The molecule has 0 spiro atoms. The van der Waals surface area contributed by atoms with Crippen molar-refractivity contribution in [2.45, 2.75) is 59.5 Å². The van der Waals surface area contributed by atoms with Crippen LogP contribution in [-0.4, -0.2) is 50.5 Å². The fourth-order valence-electron chi connectivity index (χ4n) is 2.49. The SMILES string of the molecule is C[C@@H](CS(=O)(=O)CCCOCC(C)(C)C)c1cccc(OCC(C)(C)O)c1. The van der Waals surface area contributed by atoms with Crippen molar-refractivity contribution in [1.82, 2.24) is 0 Å². The quantitative estimate of drug-likeness (QED) is 0.572. The van der Waals surface area contributed by atoms with Gasteiger partial charge in [0.2, 0.25) is 0 Å². The summed E-state index contributed by atoms with van der Waals surface area (Å²) in [5, 5.41) is 9.76. The van der Waals surface area contributed by atoms with E-state index in [0.717, 1.165) is 5.56 Å². The first-order valence-corrected chi connectivity index (χ1v) is 11.3. The number of aliphatic hydroxyl groups is 1. The van der Waals surface area contributed by atoms with Crippen LogP contribution in [0.2, 0.25) is 0 Å². The summed E-state index contributed by atoms with van der Waals surface area (Å²) in [6, 6.07) is 7.41. The van der Waals surface area contributed by atoms with Gasteiger partial charge in [-0.15, -0.1) is 0 Å². The molecule has 1 rings (SSSR count). The monoisotopic (exact) mass is 400 g/mol. The molecule has 0 radical (unpaired) electrons. The van der Waals surface area contributed by atoms with E-state index in [0.29, 0.717) is 25.4 Å². The Morgan fingerprint density at radius 3 is 2.37 bits per heavy atom. The molecule has 1 aromatic rings. The van der Waals surface area contributed by atoms with Gasteiger partial charge in [0.15, 0.2) is 9.84 Å². The molecule has 0 heterocycles. The average Bonchev–Trinajstić information content (AvgIpc) is 2.50. The lowest BCUT2D eigenvalue weighted by Gasteiger charge is -2.19. The smallest absolute Gasteiger partial charge is 0.150 e. The maximum atomic E-state index is 12.4. The Hall–Kier alpha value is -1.11. The molecule has 6 heteroatoms. The second-order valence-electron chi connectivity index (χ2n) is 9.16. The van der Waals surface area contributed by atoms with Gasteiger partial charge in [0.25, 0.3) is 0 Å². The molecule has 0 bridgehead atoms. The Morgan fingerprint density at radius 2 is 1.78 bits per heavy atom. The van der Waals surface area contributed by atoms with Crippen LogP contribution in [0.15, 0.2) is 24.3 Å². The molecule has 27 heavy (non-hydrogen) atoms. The van der Waals surface area contributed by atoms with Crippen LogP contribution in [0.4, 0.5) is 0 Å². The van der Waals surface area contributed by atoms with Crippen molar-refractivity contribution in [2.75, 3.05) is 31.3 Å². The lowest BCUT2D eigenvalue weighted by atomic mass is 9.99. The molecule has 0 saturated carbocycles.